The Kier molecular flexibility index (Phi) is 4.85. The number of rotatable bonds is 4. The van der Waals surface area contributed by atoms with E-state index >= 15 is 0 Å². The number of nitriles is 1. The first kappa shape index (κ1) is 16.8. The highest BCUT2D eigenvalue weighted by Crippen LogP contribution is 2.24. The molecule has 5 nitrogen and oxygen atoms in total. The molecular weight excluding hydrogens is 323 g/mol. The van der Waals surface area contributed by atoms with Gasteiger partial charge in [-0.2, -0.15) is 5.26 Å². The van der Waals surface area contributed by atoms with Crippen LogP contribution in [-0.4, -0.2) is 29.3 Å². The average Bonchev–Trinajstić information content (AvgIpc) is 2.62. The molecule has 0 aliphatic carbocycles. The maximum Gasteiger partial charge on any atom is 0.407 e. The summed E-state index contributed by atoms with van der Waals surface area (Å²) < 4.78 is 19.5. The summed E-state index contributed by atoms with van der Waals surface area (Å²) in [5.41, 5.74) is 2.85. The van der Waals surface area contributed by atoms with Gasteiger partial charge in [0.1, 0.15) is 11.6 Å². The van der Waals surface area contributed by atoms with Gasteiger partial charge in [0.2, 0.25) is 0 Å². The zero-order valence-corrected chi connectivity index (χ0v) is 13.5. The van der Waals surface area contributed by atoms with Crippen molar-refractivity contribution < 1.29 is 19.0 Å². The molecule has 0 radical (unpaired) electrons. The van der Waals surface area contributed by atoms with Crippen LogP contribution < -0.4 is 4.74 Å². The fourth-order valence-corrected chi connectivity index (χ4v) is 2.88. The Balaban J connectivity index is 1.62. The van der Waals surface area contributed by atoms with Gasteiger partial charge in [0, 0.05) is 19.5 Å². The van der Waals surface area contributed by atoms with Gasteiger partial charge in [0.25, 0.3) is 0 Å². The van der Waals surface area contributed by atoms with Crippen molar-refractivity contribution in [3.8, 4) is 11.8 Å². The summed E-state index contributed by atoms with van der Waals surface area (Å²) in [6, 6.07) is 11.9. The Labute approximate surface area is 144 Å². The van der Waals surface area contributed by atoms with E-state index in [1.807, 2.05) is 24.3 Å². The van der Waals surface area contributed by atoms with E-state index in [2.05, 4.69) is 0 Å². The first-order valence-corrected chi connectivity index (χ1v) is 7.98. The summed E-state index contributed by atoms with van der Waals surface area (Å²) in [5, 5.41) is 17.8. The van der Waals surface area contributed by atoms with Crippen molar-refractivity contribution >= 4 is 6.09 Å². The zero-order chi connectivity index (χ0) is 17.8. The number of fused-ring (bicyclic) bond motifs is 1. The third-order valence-electron chi connectivity index (χ3n) is 4.28. The van der Waals surface area contributed by atoms with E-state index in [1.165, 1.54) is 11.0 Å². The Morgan fingerprint density at radius 1 is 1.28 bits per heavy atom. The van der Waals surface area contributed by atoms with Crippen molar-refractivity contribution in [1.82, 2.24) is 4.90 Å². The van der Waals surface area contributed by atoms with Gasteiger partial charge in [-0.15, -0.1) is 0 Å². The van der Waals surface area contributed by atoms with Gasteiger partial charge in [-0.05, 0) is 47.4 Å². The first-order valence-electron chi connectivity index (χ1n) is 7.98. The zero-order valence-electron chi connectivity index (χ0n) is 13.5. The van der Waals surface area contributed by atoms with Gasteiger partial charge in [-0.25, -0.2) is 9.18 Å². The molecule has 3 rings (SSSR count). The van der Waals surface area contributed by atoms with Gasteiger partial charge in [-0.3, -0.25) is 0 Å². The summed E-state index contributed by atoms with van der Waals surface area (Å²) in [4.78, 5) is 12.5. The van der Waals surface area contributed by atoms with Gasteiger partial charge in [-0.1, -0.05) is 12.1 Å². The van der Waals surface area contributed by atoms with Gasteiger partial charge in [0.15, 0.2) is 0 Å². The Hall–Kier alpha value is -3.07. The van der Waals surface area contributed by atoms with Crippen LogP contribution in [-0.2, 0) is 19.4 Å². The number of hydrogen-bond donors (Lipinski definition) is 1. The number of benzene rings is 2. The highest BCUT2D eigenvalue weighted by Gasteiger charge is 2.20. The molecule has 0 bridgehead atoms. The van der Waals surface area contributed by atoms with Crippen molar-refractivity contribution in [3.05, 3.63) is 64.5 Å². The summed E-state index contributed by atoms with van der Waals surface area (Å²) in [5.74, 6) is 0.227. The molecule has 25 heavy (non-hydrogen) atoms. The number of halogens is 1. The van der Waals surface area contributed by atoms with Crippen molar-refractivity contribution in [2.45, 2.75) is 19.4 Å². The average molecular weight is 340 g/mol. The minimum absolute atomic E-state index is 0.292. The summed E-state index contributed by atoms with van der Waals surface area (Å²) in [6.45, 7) is 1.15. The predicted molar refractivity (Wildman–Crippen MR) is 88.9 cm³/mol. The van der Waals surface area contributed by atoms with Crippen LogP contribution in [0.2, 0.25) is 0 Å². The normalized spacial score (nSPS) is 13.0. The lowest BCUT2D eigenvalue weighted by Crippen LogP contribution is -2.34. The van der Waals surface area contributed by atoms with Gasteiger partial charge < -0.3 is 14.7 Å². The van der Waals surface area contributed by atoms with E-state index in [0.29, 0.717) is 49.4 Å². The lowest BCUT2D eigenvalue weighted by Gasteiger charge is -2.26. The molecule has 0 fully saturated rings. The van der Waals surface area contributed by atoms with Crippen LogP contribution in [0.25, 0.3) is 0 Å². The van der Waals surface area contributed by atoms with Crippen LogP contribution in [0.15, 0.2) is 36.4 Å². The second kappa shape index (κ2) is 7.22. The second-order valence-electron chi connectivity index (χ2n) is 5.90. The standard InChI is InChI=1S/C19H17FN2O3/c20-18-9-13(11-21)1-2-15(18)6-8-25-17-4-3-14-5-7-22(19(23)24)12-16(14)10-17/h1-4,9-10H,5-8,12H2,(H,23,24). The quantitative estimate of drug-likeness (QED) is 0.926. The molecule has 1 amide bonds. The Morgan fingerprint density at radius 2 is 2.12 bits per heavy atom. The molecule has 0 aromatic heterocycles. The van der Waals surface area contributed by atoms with Crippen molar-refractivity contribution in [2.75, 3.05) is 13.2 Å². The van der Waals surface area contributed by atoms with E-state index in [-0.39, 0.29) is 0 Å². The van der Waals surface area contributed by atoms with Crippen LogP contribution in [0.1, 0.15) is 22.3 Å². The number of ether oxygens (including phenoxy) is 1. The predicted octanol–water partition coefficient (Wildman–Crippen LogP) is 3.35. The van der Waals surface area contributed by atoms with E-state index in [4.69, 9.17) is 15.1 Å². The molecule has 0 saturated carbocycles. The van der Waals surface area contributed by atoms with Crippen molar-refractivity contribution in [1.29, 1.82) is 5.26 Å². The smallest absolute Gasteiger partial charge is 0.407 e. The Bertz CT molecular complexity index is 845. The molecule has 0 spiro atoms. The maximum atomic E-state index is 13.8. The highest BCUT2D eigenvalue weighted by atomic mass is 19.1. The molecule has 1 heterocycles. The molecule has 128 valence electrons. The summed E-state index contributed by atoms with van der Waals surface area (Å²) >= 11 is 0. The minimum Gasteiger partial charge on any atom is -0.493 e. The van der Waals surface area contributed by atoms with E-state index in [1.54, 1.807) is 12.1 Å². The van der Waals surface area contributed by atoms with Crippen LogP contribution in [0, 0.1) is 17.1 Å². The number of amides is 1. The number of nitrogens with zero attached hydrogens (tertiary/aromatic N) is 2. The molecule has 2 aromatic rings. The molecule has 0 saturated heterocycles. The fourth-order valence-electron chi connectivity index (χ4n) is 2.88. The van der Waals surface area contributed by atoms with Gasteiger partial charge >= 0.3 is 6.09 Å². The largest absolute Gasteiger partial charge is 0.493 e. The minimum atomic E-state index is -0.923. The molecule has 1 N–H and O–H groups in total. The number of hydrogen-bond acceptors (Lipinski definition) is 3. The number of carbonyl (C=O) groups is 1. The third-order valence-corrected chi connectivity index (χ3v) is 4.28. The highest BCUT2D eigenvalue weighted by molar-refractivity contribution is 5.65. The molecule has 0 atom stereocenters. The lowest BCUT2D eigenvalue weighted by molar-refractivity contribution is 0.140. The monoisotopic (exact) mass is 340 g/mol. The van der Waals surface area contributed by atoms with Crippen LogP contribution in [0.3, 0.4) is 0 Å². The number of carboxylic acid groups (broad SMARTS) is 1. The van der Waals surface area contributed by atoms with Crippen LogP contribution in [0.4, 0.5) is 9.18 Å². The van der Waals surface area contributed by atoms with Gasteiger partial charge in [0.05, 0.1) is 18.2 Å². The third kappa shape index (κ3) is 3.89. The Morgan fingerprint density at radius 3 is 2.84 bits per heavy atom. The van der Waals surface area contributed by atoms with Crippen molar-refractivity contribution in [2.24, 2.45) is 0 Å². The van der Waals surface area contributed by atoms with Crippen LogP contribution >= 0.6 is 0 Å². The lowest BCUT2D eigenvalue weighted by atomic mass is 10.00. The molecule has 2 aromatic carbocycles. The molecule has 6 heteroatoms. The SMILES string of the molecule is N#Cc1ccc(CCOc2ccc3c(c2)CN(C(=O)O)CC3)c(F)c1. The molecule has 1 aliphatic rings. The maximum absolute atomic E-state index is 13.8. The second-order valence-corrected chi connectivity index (χ2v) is 5.90. The topological polar surface area (TPSA) is 73.6 Å². The van der Waals surface area contributed by atoms with E-state index < -0.39 is 11.9 Å². The molecular formula is C19H17FN2O3. The molecule has 0 unspecified atom stereocenters. The van der Waals surface area contributed by atoms with Crippen LogP contribution in [0.5, 0.6) is 5.75 Å². The fraction of sp³-hybridized carbons (Fsp3) is 0.263. The van der Waals surface area contributed by atoms with E-state index in [9.17, 15) is 9.18 Å². The van der Waals surface area contributed by atoms with Crippen molar-refractivity contribution in [3.63, 3.8) is 0 Å². The summed E-state index contributed by atoms with van der Waals surface area (Å²) in [7, 11) is 0. The summed E-state index contributed by atoms with van der Waals surface area (Å²) in [6.07, 6.45) is 0.155. The molecule has 1 aliphatic heterocycles. The first-order chi connectivity index (χ1) is 12.1. The van der Waals surface area contributed by atoms with E-state index in [0.717, 1.165) is 11.1 Å².